The van der Waals surface area contributed by atoms with Crippen molar-refractivity contribution in [3.63, 3.8) is 0 Å². The molecule has 1 aliphatic carbocycles. The Balaban J connectivity index is 1.56. The maximum Gasteiger partial charge on any atom is 0.258 e. The van der Waals surface area contributed by atoms with Crippen molar-refractivity contribution in [2.45, 2.75) is 64.6 Å². The van der Waals surface area contributed by atoms with Crippen LogP contribution < -0.4 is 10.2 Å². The Kier molecular flexibility index (Phi) is 6.82. The molecule has 7 heteroatoms. The first-order valence-corrected chi connectivity index (χ1v) is 15.5. The predicted octanol–water partition coefficient (Wildman–Crippen LogP) is 7.95. The van der Waals surface area contributed by atoms with Crippen LogP contribution in [0.3, 0.4) is 0 Å². The molecule has 0 aliphatic heterocycles. The van der Waals surface area contributed by atoms with Crippen LogP contribution in [-0.4, -0.2) is 25.4 Å². The molecule has 0 fully saturated rings. The van der Waals surface area contributed by atoms with E-state index < -0.39 is 8.32 Å². The van der Waals surface area contributed by atoms with Gasteiger partial charge in [0, 0.05) is 28.8 Å². The number of fused-ring (bicyclic) bond motifs is 2. The van der Waals surface area contributed by atoms with Gasteiger partial charge in [0.15, 0.2) is 17.6 Å². The number of ether oxygens (including phenoxy) is 1. The monoisotopic (exact) mass is 528 g/mol. The van der Waals surface area contributed by atoms with Gasteiger partial charge >= 0.3 is 0 Å². The standard InChI is InChI=1S/C31H36N2O4Si/c1-18(2)38(19(3)4,20(5)6)37-29-11-10-21-8-9-22(12-23(21)29)26-14-28(34)24-13-25(31-16-32-17-36-31)30(35-7)15-27(24)33-26/h8-9,11-20H,10H2,1-7H3,(H,33,34). The van der Waals surface area contributed by atoms with Crippen molar-refractivity contribution in [3.8, 4) is 28.3 Å². The van der Waals surface area contributed by atoms with Gasteiger partial charge in [-0.2, -0.15) is 0 Å². The second-order valence-corrected chi connectivity index (χ2v) is 16.5. The van der Waals surface area contributed by atoms with Gasteiger partial charge in [-0.1, -0.05) is 53.7 Å². The first-order chi connectivity index (χ1) is 18.1. The Hall–Kier alpha value is -3.58. The number of methoxy groups -OCH3 is 1. The molecule has 1 aliphatic rings. The van der Waals surface area contributed by atoms with Gasteiger partial charge < -0.3 is 18.6 Å². The zero-order chi connectivity index (χ0) is 27.2. The summed E-state index contributed by atoms with van der Waals surface area (Å²) < 4.78 is 18.1. The maximum atomic E-state index is 13.3. The Morgan fingerprint density at radius 1 is 0.974 bits per heavy atom. The molecule has 198 valence electrons. The lowest BCUT2D eigenvalue weighted by Gasteiger charge is -2.42. The highest BCUT2D eigenvalue weighted by atomic mass is 28.4. The first-order valence-electron chi connectivity index (χ1n) is 13.3. The van der Waals surface area contributed by atoms with Gasteiger partial charge in [-0.25, -0.2) is 4.98 Å². The zero-order valence-electron chi connectivity index (χ0n) is 23.2. The minimum absolute atomic E-state index is 0.0736. The number of nitrogens with zero attached hydrogens (tertiary/aromatic N) is 1. The molecule has 5 rings (SSSR count). The molecule has 0 radical (unpaired) electrons. The van der Waals surface area contributed by atoms with E-state index in [0.717, 1.165) is 29.0 Å². The van der Waals surface area contributed by atoms with Crippen LogP contribution in [0.15, 0.2) is 64.3 Å². The molecule has 1 N–H and O–H groups in total. The van der Waals surface area contributed by atoms with E-state index >= 15 is 0 Å². The summed E-state index contributed by atoms with van der Waals surface area (Å²) in [7, 11) is -0.491. The third kappa shape index (κ3) is 4.28. The molecule has 2 aromatic heterocycles. The third-order valence-electron chi connectivity index (χ3n) is 8.04. The van der Waals surface area contributed by atoms with E-state index in [1.807, 2.05) is 6.07 Å². The van der Waals surface area contributed by atoms with Crippen LogP contribution in [0.4, 0.5) is 0 Å². The van der Waals surface area contributed by atoms with Gasteiger partial charge in [0.25, 0.3) is 8.32 Å². The predicted molar refractivity (Wildman–Crippen MR) is 156 cm³/mol. The summed E-state index contributed by atoms with van der Waals surface area (Å²) in [5, 5.41) is 0.563. The van der Waals surface area contributed by atoms with Crippen LogP contribution in [0.1, 0.15) is 52.7 Å². The number of hydrogen-bond acceptors (Lipinski definition) is 5. The number of nitrogens with one attached hydrogen (secondary N) is 1. The van der Waals surface area contributed by atoms with Crippen LogP contribution in [0.5, 0.6) is 5.75 Å². The number of H-pyrrole nitrogens is 1. The fourth-order valence-electron chi connectivity index (χ4n) is 6.25. The Morgan fingerprint density at radius 3 is 2.34 bits per heavy atom. The van der Waals surface area contributed by atoms with Gasteiger partial charge in [-0.3, -0.25) is 4.79 Å². The van der Waals surface area contributed by atoms with E-state index in [9.17, 15) is 4.79 Å². The number of benzene rings is 2. The van der Waals surface area contributed by atoms with Crippen LogP contribution in [0.2, 0.25) is 16.6 Å². The smallest absolute Gasteiger partial charge is 0.258 e. The largest absolute Gasteiger partial charge is 0.542 e. The molecule has 38 heavy (non-hydrogen) atoms. The number of pyridine rings is 1. The van der Waals surface area contributed by atoms with Crippen molar-refractivity contribution in [3.05, 3.63) is 76.4 Å². The number of allylic oxidation sites excluding steroid dienone is 1. The summed E-state index contributed by atoms with van der Waals surface area (Å²) in [6.07, 6.45) is 6.06. The van der Waals surface area contributed by atoms with Crippen molar-refractivity contribution >= 4 is 25.0 Å². The molecule has 2 heterocycles. The quantitative estimate of drug-likeness (QED) is 0.235. The van der Waals surface area contributed by atoms with E-state index in [-0.39, 0.29) is 5.43 Å². The van der Waals surface area contributed by atoms with Crippen LogP contribution in [-0.2, 0) is 10.8 Å². The molecule has 4 aromatic rings. The van der Waals surface area contributed by atoms with E-state index in [4.69, 9.17) is 13.6 Å². The average molecular weight is 529 g/mol. The molecule has 6 nitrogen and oxygen atoms in total. The van der Waals surface area contributed by atoms with Gasteiger partial charge in [-0.05, 0) is 52.4 Å². The molecule has 0 unspecified atom stereocenters. The minimum Gasteiger partial charge on any atom is -0.542 e. The maximum absolute atomic E-state index is 13.3. The normalized spacial score (nSPS) is 13.5. The van der Waals surface area contributed by atoms with Gasteiger partial charge in [0.2, 0.25) is 0 Å². The SMILES string of the molecule is COc1cc2[nH]c(-c3ccc4c(c3)C(O[Si](C(C)C)(C(C)C)C(C)C)=CC4)cc(=O)c2cc1-c1cnco1. The van der Waals surface area contributed by atoms with Crippen LogP contribution >= 0.6 is 0 Å². The Morgan fingerprint density at radius 2 is 1.71 bits per heavy atom. The molecular formula is C31H36N2O4Si. The number of aromatic nitrogens is 2. The lowest BCUT2D eigenvalue weighted by atomic mass is 10.0. The summed E-state index contributed by atoms with van der Waals surface area (Å²) in [6, 6.07) is 11.7. The van der Waals surface area contributed by atoms with Crippen LogP contribution in [0.25, 0.3) is 39.2 Å². The number of aromatic amines is 1. The fraction of sp³-hybridized carbons (Fsp3) is 0.355. The van der Waals surface area contributed by atoms with Crippen molar-refractivity contribution in [1.82, 2.24) is 9.97 Å². The topological polar surface area (TPSA) is 77.4 Å². The molecular weight excluding hydrogens is 492 g/mol. The minimum atomic E-state index is -2.09. The molecule has 0 atom stereocenters. The van der Waals surface area contributed by atoms with Crippen molar-refractivity contribution in [1.29, 1.82) is 0 Å². The highest BCUT2D eigenvalue weighted by molar-refractivity contribution is 6.78. The van der Waals surface area contributed by atoms with E-state index in [0.29, 0.717) is 44.6 Å². The Labute approximate surface area is 224 Å². The lowest BCUT2D eigenvalue weighted by molar-refractivity contribution is 0.415. The van der Waals surface area contributed by atoms with Crippen LogP contribution in [0, 0.1) is 0 Å². The number of rotatable bonds is 8. The second kappa shape index (κ2) is 9.95. The molecule has 0 bridgehead atoms. The molecule has 2 aromatic carbocycles. The molecule has 0 spiro atoms. The highest BCUT2D eigenvalue weighted by Gasteiger charge is 2.47. The summed E-state index contributed by atoms with van der Waals surface area (Å²) >= 11 is 0. The van der Waals surface area contributed by atoms with Crippen molar-refractivity contribution < 1.29 is 13.6 Å². The lowest BCUT2D eigenvalue weighted by Crippen LogP contribution is -2.47. The molecule has 0 saturated heterocycles. The summed E-state index contributed by atoms with van der Waals surface area (Å²) in [5.41, 5.74) is 6.87. The van der Waals surface area contributed by atoms with Crippen molar-refractivity contribution in [2.24, 2.45) is 0 Å². The number of hydrogen-bond donors (Lipinski definition) is 1. The fourth-order valence-corrected chi connectivity index (χ4v) is 11.5. The van der Waals surface area contributed by atoms with Gasteiger partial charge in [0.1, 0.15) is 11.5 Å². The summed E-state index contributed by atoms with van der Waals surface area (Å²) in [6.45, 7) is 13.8. The first kappa shape index (κ1) is 26.0. The summed E-state index contributed by atoms with van der Waals surface area (Å²) in [5.74, 6) is 2.15. The van der Waals surface area contributed by atoms with Gasteiger partial charge in [0.05, 0.1) is 24.4 Å². The summed E-state index contributed by atoms with van der Waals surface area (Å²) in [4.78, 5) is 20.7. The average Bonchev–Trinajstić information content (AvgIpc) is 3.56. The van der Waals surface area contributed by atoms with E-state index in [1.165, 1.54) is 12.0 Å². The third-order valence-corrected chi connectivity index (χ3v) is 14.0. The Bertz CT molecular complexity index is 1540. The van der Waals surface area contributed by atoms with E-state index in [2.05, 4.69) is 75.8 Å². The zero-order valence-corrected chi connectivity index (χ0v) is 24.2. The van der Waals surface area contributed by atoms with Gasteiger partial charge in [-0.15, -0.1) is 0 Å². The van der Waals surface area contributed by atoms with E-state index in [1.54, 1.807) is 25.4 Å². The second-order valence-electron chi connectivity index (χ2n) is 11.1. The molecule has 0 saturated carbocycles. The van der Waals surface area contributed by atoms with Crippen molar-refractivity contribution in [2.75, 3.05) is 7.11 Å². The highest BCUT2D eigenvalue weighted by Crippen LogP contribution is 2.46. The molecule has 0 amide bonds. The number of oxazole rings is 1.